The van der Waals surface area contributed by atoms with Crippen LogP contribution in [0.15, 0.2) is 0 Å². The molecular formula is C11H22N2O4S. The fourth-order valence-corrected chi connectivity index (χ4v) is 2.06. The molecule has 0 bridgehead atoms. The van der Waals surface area contributed by atoms with Crippen LogP contribution < -0.4 is 10.6 Å². The van der Waals surface area contributed by atoms with Gasteiger partial charge in [-0.05, 0) is 19.8 Å². The number of amides is 2. The highest BCUT2D eigenvalue weighted by molar-refractivity contribution is 7.84. The van der Waals surface area contributed by atoms with Gasteiger partial charge in [-0.1, -0.05) is 6.92 Å². The third kappa shape index (κ3) is 8.98. The van der Waals surface area contributed by atoms with Crippen molar-refractivity contribution in [2.75, 3.05) is 12.0 Å². The highest BCUT2D eigenvalue weighted by Gasteiger charge is 2.15. The van der Waals surface area contributed by atoms with Gasteiger partial charge in [-0.15, -0.1) is 0 Å². The van der Waals surface area contributed by atoms with Crippen LogP contribution in [0.4, 0.5) is 4.79 Å². The van der Waals surface area contributed by atoms with E-state index in [0.717, 1.165) is 0 Å². The summed E-state index contributed by atoms with van der Waals surface area (Å²) in [5.41, 5.74) is 0. The van der Waals surface area contributed by atoms with Gasteiger partial charge in [-0.25, -0.2) is 4.79 Å². The van der Waals surface area contributed by atoms with E-state index in [9.17, 15) is 13.8 Å². The first kappa shape index (κ1) is 16.9. The molecule has 0 saturated carbocycles. The predicted molar refractivity (Wildman–Crippen MR) is 71.0 cm³/mol. The second-order valence-corrected chi connectivity index (χ2v) is 5.84. The van der Waals surface area contributed by atoms with Gasteiger partial charge in [-0.2, -0.15) is 0 Å². The molecule has 0 spiro atoms. The minimum atomic E-state index is -0.934. The van der Waals surface area contributed by atoms with Crippen LogP contribution in [0, 0.1) is 0 Å². The molecule has 3 atom stereocenters. The number of carboxylic acids is 1. The zero-order chi connectivity index (χ0) is 14.1. The fourth-order valence-electron chi connectivity index (χ4n) is 1.37. The molecule has 3 unspecified atom stereocenters. The van der Waals surface area contributed by atoms with Gasteiger partial charge in [0.25, 0.3) is 0 Å². The van der Waals surface area contributed by atoms with Crippen LogP contribution in [0.3, 0.4) is 0 Å². The second kappa shape index (κ2) is 8.91. The average Bonchev–Trinajstić information content (AvgIpc) is 2.24. The lowest BCUT2D eigenvalue weighted by Gasteiger charge is -2.18. The number of carbonyl (C=O) groups excluding carboxylic acids is 1. The molecule has 0 aliphatic rings. The van der Waals surface area contributed by atoms with E-state index in [0.29, 0.717) is 18.6 Å². The molecule has 0 aliphatic carbocycles. The number of carboxylic acid groups (broad SMARTS) is 1. The van der Waals surface area contributed by atoms with E-state index in [4.69, 9.17) is 5.11 Å². The summed E-state index contributed by atoms with van der Waals surface area (Å²) in [5.74, 6) is -0.398. The van der Waals surface area contributed by atoms with Gasteiger partial charge in [0.1, 0.15) is 0 Å². The minimum Gasteiger partial charge on any atom is -0.481 e. The summed E-state index contributed by atoms with van der Waals surface area (Å²) in [7, 11) is -0.871. The van der Waals surface area contributed by atoms with Crippen LogP contribution in [0.1, 0.15) is 33.1 Å². The lowest BCUT2D eigenvalue weighted by atomic mass is 10.1. The molecule has 106 valence electrons. The van der Waals surface area contributed by atoms with Gasteiger partial charge < -0.3 is 15.7 Å². The van der Waals surface area contributed by atoms with E-state index >= 15 is 0 Å². The number of rotatable bonds is 8. The monoisotopic (exact) mass is 278 g/mol. The molecule has 0 radical (unpaired) electrons. The van der Waals surface area contributed by atoms with Crippen LogP contribution in [-0.4, -0.2) is 45.4 Å². The summed E-state index contributed by atoms with van der Waals surface area (Å²) in [4.78, 5) is 22.1. The zero-order valence-electron chi connectivity index (χ0n) is 11.1. The van der Waals surface area contributed by atoms with Gasteiger partial charge in [0.2, 0.25) is 0 Å². The van der Waals surface area contributed by atoms with Gasteiger partial charge in [-0.3, -0.25) is 9.00 Å². The van der Waals surface area contributed by atoms with Crippen LogP contribution in [-0.2, 0) is 15.6 Å². The molecule has 0 fully saturated rings. The van der Waals surface area contributed by atoms with Crippen molar-refractivity contribution in [3.8, 4) is 0 Å². The summed E-state index contributed by atoms with van der Waals surface area (Å²) in [6.45, 7) is 3.64. The molecule has 0 aromatic heterocycles. The number of hydrogen-bond acceptors (Lipinski definition) is 3. The van der Waals surface area contributed by atoms with Crippen LogP contribution in [0.25, 0.3) is 0 Å². The number of hydrogen-bond donors (Lipinski definition) is 3. The van der Waals surface area contributed by atoms with Gasteiger partial charge in [0.15, 0.2) is 0 Å². The highest BCUT2D eigenvalue weighted by atomic mass is 32.2. The second-order valence-electron chi connectivity index (χ2n) is 4.29. The maximum Gasteiger partial charge on any atom is 0.315 e. The number of aliphatic carboxylic acids is 1. The van der Waals surface area contributed by atoms with E-state index < -0.39 is 16.8 Å². The Morgan fingerprint density at radius 3 is 2.39 bits per heavy atom. The molecule has 18 heavy (non-hydrogen) atoms. The average molecular weight is 278 g/mol. The largest absolute Gasteiger partial charge is 0.481 e. The zero-order valence-corrected chi connectivity index (χ0v) is 11.9. The molecule has 7 heteroatoms. The van der Waals surface area contributed by atoms with E-state index in [1.807, 2.05) is 13.8 Å². The first-order chi connectivity index (χ1) is 8.35. The molecule has 2 amide bonds. The topological polar surface area (TPSA) is 95.5 Å². The smallest absolute Gasteiger partial charge is 0.315 e. The lowest BCUT2D eigenvalue weighted by Crippen LogP contribution is -2.46. The molecule has 6 nitrogen and oxygen atoms in total. The molecule has 0 rings (SSSR count). The first-order valence-corrected chi connectivity index (χ1v) is 7.66. The third-order valence-electron chi connectivity index (χ3n) is 2.46. The van der Waals surface area contributed by atoms with Crippen molar-refractivity contribution in [1.82, 2.24) is 10.6 Å². The Kier molecular flexibility index (Phi) is 8.36. The molecule has 3 N–H and O–H groups in total. The van der Waals surface area contributed by atoms with E-state index in [1.165, 1.54) is 0 Å². The number of urea groups is 1. The molecule has 0 aliphatic heterocycles. The molecular weight excluding hydrogens is 256 g/mol. The SMILES string of the molecule is CCC(CC(=O)O)NC(=O)NC(C)CCS(C)=O. The minimum absolute atomic E-state index is 0.0860. The van der Waals surface area contributed by atoms with Crippen molar-refractivity contribution < 1.29 is 18.9 Å². The van der Waals surface area contributed by atoms with Crippen molar-refractivity contribution in [3.05, 3.63) is 0 Å². The van der Waals surface area contributed by atoms with Crippen molar-refractivity contribution in [3.63, 3.8) is 0 Å². The summed E-state index contributed by atoms with van der Waals surface area (Å²) >= 11 is 0. The Hall–Kier alpha value is -1.11. The molecule has 0 heterocycles. The Bertz CT molecular complexity index is 309. The van der Waals surface area contributed by atoms with Crippen molar-refractivity contribution >= 4 is 22.8 Å². The quantitative estimate of drug-likeness (QED) is 0.609. The lowest BCUT2D eigenvalue weighted by molar-refractivity contribution is -0.137. The standard InChI is InChI=1S/C11H22N2O4S/c1-4-9(7-10(14)15)13-11(16)12-8(2)5-6-18(3)17/h8-9H,4-7H2,1-3H3,(H,14,15)(H2,12,13,16). The van der Waals surface area contributed by atoms with Gasteiger partial charge in [0, 0.05) is 34.9 Å². The summed E-state index contributed by atoms with van der Waals surface area (Å²) in [5, 5.41) is 14.0. The Morgan fingerprint density at radius 1 is 1.33 bits per heavy atom. The maximum atomic E-state index is 11.6. The van der Waals surface area contributed by atoms with E-state index in [2.05, 4.69) is 10.6 Å². The normalized spacial score (nSPS) is 15.5. The summed E-state index contributed by atoms with van der Waals surface area (Å²) in [6, 6.07) is -0.830. The van der Waals surface area contributed by atoms with Crippen LogP contribution in [0.2, 0.25) is 0 Å². The molecule has 0 saturated heterocycles. The summed E-state index contributed by atoms with van der Waals surface area (Å²) < 4.78 is 10.9. The Labute approximate surface area is 110 Å². The van der Waals surface area contributed by atoms with Crippen molar-refractivity contribution in [1.29, 1.82) is 0 Å². The number of nitrogens with one attached hydrogen (secondary N) is 2. The van der Waals surface area contributed by atoms with Gasteiger partial charge in [0.05, 0.1) is 6.42 Å². The highest BCUT2D eigenvalue weighted by Crippen LogP contribution is 1.98. The van der Waals surface area contributed by atoms with E-state index in [-0.39, 0.29) is 24.5 Å². The first-order valence-electron chi connectivity index (χ1n) is 5.94. The third-order valence-corrected chi connectivity index (χ3v) is 3.28. The van der Waals surface area contributed by atoms with Crippen molar-refractivity contribution in [2.24, 2.45) is 0 Å². The van der Waals surface area contributed by atoms with Gasteiger partial charge >= 0.3 is 12.0 Å². The molecule has 0 aromatic rings. The van der Waals surface area contributed by atoms with E-state index in [1.54, 1.807) is 6.26 Å². The molecule has 0 aromatic carbocycles. The predicted octanol–water partition coefficient (Wildman–Crippen LogP) is 0.696. The maximum absolute atomic E-state index is 11.6. The Balaban J connectivity index is 4.00. The van der Waals surface area contributed by atoms with Crippen molar-refractivity contribution in [2.45, 2.75) is 45.2 Å². The fraction of sp³-hybridized carbons (Fsp3) is 0.818. The Morgan fingerprint density at radius 2 is 1.94 bits per heavy atom. The number of carbonyl (C=O) groups is 2. The summed E-state index contributed by atoms with van der Waals surface area (Å²) in [6.07, 6.45) is 2.73. The van der Waals surface area contributed by atoms with Crippen LogP contribution >= 0.6 is 0 Å². The van der Waals surface area contributed by atoms with Crippen LogP contribution in [0.5, 0.6) is 0 Å².